The zero-order valence-electron chi connectivity index (χ0n) is 19.5. The van der Waals surface area contributed by atoms with Crippen LogP contribution in [-0.4, -0.2) is 61.1 Å². The maximum Gasteiger partial charge on any atom is 0.407 e. The number of carbonyl (C=O) groups excluding carboxylic acids is 3. The predicted molar refractivity (Wildman–Crippen MR) is 121 cm³/mol. The fraction of sp³-hybridized carbons (Fsp3) is 0.565. The number of hydrogen-bond donors (Lipinski definition) is 2. The van der Waals surface area contributed by atoms with Gasteiger partial charge >= 0.3 is 12.2 Å². The van der Waals surface area contributed by atoms with Gasteiger partial charge in [0.05, 0.1) is 18.4 Å². The summed E-state index contributed by atoms with van der Waals surface area (Å²) in [6.07, 6.45) is 1.66. The van der Waals surface area contributed by atoms with Crippen LogP contribution in [0.3, 0.4) is 0 Å². The number of ether oxygens (including phenoxy) is 2. The van der Waals surface area contributed by atoms with E-state index in [0.29, 0.717) is 19.3 Å². The molecule has 2 rings (SSSR count). The largest absolute Gasteiger partial charge is 0.445 e. The van der Waals surface area contributed by atoms with E-state index in [9.17, 15) is 14.4 Å². The van der Waals surface area contributed by atoms with Crippen LogP contribution < -0.4 is 10.6 Å². The van der Waals surface area contributed by atoms with Gasteiger partial charge < -0.3 is 25.0 Å². The zero-order valence-corrected chi connectivity index (χ0v) is 19.5. The number of hydrogen-bond acceptors (Lipinski definition) is 5. The maximum atomic E-state index is 12.5. The van der Waals surface area contributed by atoms with E-state index in [0.717, 1.165) is 5.56 Å². The number of amides is 3. The number of aliphatic imine (C=N–C) groups is 1. The Hall–Kier alpha value is -3.10. The number of carbonyl (C=O) groups is 3. The minimum Gasteiger partial charge on any atom is -0.445 e. The van der Waals surface area contributed by atoms with Gasteiger partial charge in [0.25, 0.3) is 0 Å². The van der Waals surface area contributed by atoms with Gasteiger partial charge in [-0.1, -0.05) is 30.3 Å². The van der Waals surface area contributed by atoms with E-state index in [1.165, 1.54) is 6.34 Å². The SMILES string of the molecule is CN(C)C=NC(=O)C1CCC(NC(=O)OCc2ccccc2)C(NC(=O)OC(C)(C)C)C1. The Morgan fingerprint density at radius 1 is 1.06 bits per heavy atom. The van der Waals surface area contributed by atoms with Crippen molar-refractivity contribution in [1.82, 2.24) is 15.5 Å². The molecule has 0 saturated heterocycles. The van der Waals surface area contributed by atoms with Gasteiger partial charge in [-0.15, -0.1) is 0 Å². The maximum absolute atomic E-state index is 12.5. The highest BCUT2D eigenvalue weighted by atomic mass is 16.6. The third kappa shape index (κ3) is 8.95. The fourth-order valence-electron chi connectivity index (χ4n) is 3.38. The van der Waals surface area contributed by atoms with Gasteiger partial charge in [-0.2, -0.15) is 0 Å². The molecular weight excluding hydrogens is 412 g/mol. The Morgan fingerprint density at radius 3 is 2.34 bits per heavy atom. The molecular formula is C23H34N4O5. The summed E-state index contributed by atoms with van der Waals surface area (Å²) in [4.78, 5) is 42.9. The van der Waals surface area contributed by atoms with Crippen LogP contribution in [0.5, 0.6) is 0 Å². The molecule has 0 aromatic heterocycles. The number of rotatable bonds is 6. The molecule has 2 N–H and O–H groups in total. The van der Waals surface area contributed by atoms with Gasteiger partial charge in [-0.05, 0) is 45.6 Å². The molecule has 1 aliphatic rings. The average molecular weight is 447 g/mol. The summed E-state index contributed by atoms with van der Waals surface area (Å²) >= 11 is 0. The van der Waals surface area contributed by atoms with Gasteiger partial charge in [0.2, 0.25) is 5.91 Å². The first-order valence-electron chi connectivity index (χ1n) is 10.7. The van der Waals surface area contributed by atoms with E-state index in [1.54, 1.807) is 39.8 Å². The van der Waals surface area contributed by atoms with Crippen LogP contribution in [0, 0.1) is 5.92 Å². The van der Waals surface area contributed by atoms with E-state index in [1.807, 2.05) is 30.3 Å². The molecule has 1 aromatic carbocycles. The number of nitrogens with one attached hydrogen (secondary N) is 2. The summed E-state index contributed by atoms with van der Waals surface area (Å²) in [6.45, 7) is 5.45. The molecule has 0 heterocycles. The lowest BCUT2D eigenvalue weighted by molar-refractivity contribution is -0.122. The fourth-order valence-corrected chi connectivity index (χ4v) is 3.38. The van der Waals surface area contributed by atoms with Crippen LogP contribution in [-0.2, 0) is 20.9 Å². The predicted octanol–water partition coefficient (Wildman–Crippen LogP) is 3.09. The van der Waals surface area contributed by atoms with Crippen molar-refractivity contribution in [2.75, 3.05) is 14.1 Å². The molecule has 0 spiro atoms. The van der Waals surface area contributed by atoms with Gasteiger partial charge in [0, 0.05) is 20.0 Å². The number of benzene rings is 1. The summed E-state index contributed by atoms with van der Waals surface area (Å²) in [5, 5.41) is 5.64. The Balaban J connectivity index is 2.01. The second-order valence-corrected chi connectivity index (χ2v) is 9.12. The van der Waals surface area contributed by atoms with Crippen molar-refractivity contribution in [1.29, 1.82) is 0 Å². The highest BCUT2D eigenvalue weighted by Gasteiger charge is 2.36. The summed E-state index contributed by atoms with van der Waals surface area (Å²) in [5.74, 6) is -0.607. The third-order valence-corrected chi connectivity index (χ3v) is 4.83. The first-order valence-corrected chi connectivity index (χ1v) is 10.7. The van der Waals surface area contributed by atoms with Crippen LogP contribution in [0.25, 0.3) is 0 Å². The lowest BCUT2D eigenvalue weighted by atomic mass is 9.82. The Bertz CT molecular complexity index is 804. The molecule has 176 valence electrons. The molecule has 3 unspecified atom stereocenters. The standard InChI is InChI=1S/C23H34N4O5/c1-23(2,3)32-22(30)26-19-13-17(20(28)24-15-27(4)5)11-12-18(19)25-21(29)31-14-16-9-7-6-8-10-16/h6-10,15,17-19H,11-14H2,1-5H3,(H,25,29)(H,26,30). The van der Waals surface area contributed by atoms with Crippen molar-refractivity contribution in [2.45, 2.75) is 64.3 Å². The Labute approximate surface area is 189 Å². The lowest BCUT2D eigenvalue weighted by Crippen LogP contribution is -2.55. The van der Waals surface area contributed by atoms with E-state index in [2.05, 4.69) is 15.6 Å². The molecule has 1 fully saturated rings. The van der Waals surface area contributed by atoms with Crippen LogP contribution in [0.1, 0.15) is 45.6 Å². The molecule has 1 aromatic rings. The molecule has 3 atom stereocenters. The van der Waals surface area contributed by atoms with Crippen LogP contribution in [0.15, 0.2) is 35.3 Å². The van der Waals surface area contributed by atoms with Crippen molar-refractivity contribution >= 4 is 24.4 Å². The van der Waals surface area contributed by atoms with Gasteiger partial charge in [-0.3, -0.25) is 4.79 Å². The Morgan fingerprint density at radius 2 is 1.72 bits per heavy atom. The molecule has 1 aliphatic carbocycles. The monoisotopic (exact) mass is 446 g/mol. The summed E-state index contributed by atoms with van der Waals surface area (Å²) in [5.41, 5.74) is 0.209. The van der Waals surface area contributed by atoms with Crippen molar-refractivity contribution in [2.24, 2.45) is 10.9 Å². The van der Waals surface area contributed by atoms with Crippen LogP contribution in [0.4, 0.5) is 9.59 Å². The normalized spacial score (nSPS) is 21.0. The van der Waals surface area contributed by atoms with E-state index < -0.39 is 29.9 Å². The highest BCUT2D eigenvalue weighted by molar-refractivity contribution is 5.86. The van der Waals surface area contributed by atoms with Crippen molar-refractivity contribution in [3.05, 3.63) is 35.9 Å². The van der Waals surface area contributed by atoms with Crippen LogP contribution in [0.2, 0.25) is 0 Å². The Kier molecular flexibility index (Phi) is 9.04. The van der Waals surface area contributed by atoms with Crippen molar-refractivity contribution < 1.29 is 23.9 Å². The molecule has 9 heteroatoms. The molecule has 0 radical (unpaired) electrons. The smallest absolute Gasteiger partial charge is 0.407 e. The van der Waals surface area contributed by atoms with Gasteiger partial charge in [-0.25, -0.2) is 14.6 Å². The minimum absolute atomic E-state index is 0.143. The molecule has 9 nitrogen and oxygen atoms in total. The third-order valence-electron chi connectivity index (χ3n) is 4.83. The number of alkyl carbamates (subject to hydrolysis) is 2. The molecule has 0 aliphatic heterocycles. The van der Waals surface area contributed by atoms with Gasteiger partial charge in [0.1, 0.15) is 12.2 Å². The van der Waals surface area contributed by atoms with Crippen molar-refractivity contribution in [3.63, 3.8) is 0 Å². The summed E-state index contributed by atoms with van der Waals surface area (Å²) in [7, 11) is 3.57. The minimum atomic E-state index is -0.665. The second-order valence-electron chi connectivity index (χ2n) is 9.12. The molecule has 32 heavy (non-hydrogen) atoms. The molecule has 0 bridgehead atoms. The summed E-state index contributed by atoms with van der Waals surface area (Å²) in [6, 6.07) is 8.47. The summed E-state index contributed by atoms with van der Waals surface area (Å²) < 4.78 is 10.7. The zero-order chi connectivity index (χ0) is 23.7. The quantitative estimate of drug-likeness (QED) is 0.513. The highest BCUT2D eigenvalue weighted by Crippen LogP contribution is 2.26. The molecule has 1 saturated carbocycles. The van der Waals surface area contributed by atoms with Crippen LogP contribution >= 0.6 is 0 Å². The number of nitrogens with zero attached hydrogens (tertiary/aromatic N) is 2. The molecule has 3 amide bonds. The van der Waals surface area contributed by atoms with Crippen molar-refractivity contribution in [3.8, 4) is 0 Å². The lowest BCUT2D eigenvalue weighted by Gasteiger charge is -2.36. The van der Waals surface area contributed by atoms with E-state index in [-0.39, 0.29) is 18.4 Å². The average Bonchev–Trinajstić information content (AvgIpc) is 2.71. The second kappa shape index (κ2) is 11.5. The first-order chi connectivity index (χ1) is 15.0. The first kappa shape index (κ1) is 25.2. The topological polar surface area (TPSA) is 109 Å². The van der Waals surface area contributed by atoms with E-state index in [4.69, 9.17) is 9.47 Å². The van der Waals surface area contributed by atoms with Gasteiger partial charge in [0.15, 0.2) is 0 Å². The van der Waals surface area contributed by atoms with E-state index >= 15 is 0 Å².